The molecular weight excluding hydrogens is 465 g/mol. The molecule has 0 amide bonds. The molecule has 0 saturated heterocycles. The first-order valence-corrected chi connectivity index (χ1v) is 10.7. The molecular formula is C18H14Cl2F6O2S. The van der Waals surface area contributed by atoms with Crippen molar-refractivity contribution in [2.45, 2.75) is 35.0 Å². The van der Waals surface area contributed by atoms with Crippen LogP contribution in [0.15, 0.2) is 46.2 Å². The van der Waals surface area contributed by atoms with Gasteiger partial charge in [0.05, 0.1) is 20.9 Å². The SMILES string of the molecule is O=S(=O)(c1cccc(C(F)(F)F)c1CCCl)c1cccc(C(F)(F)F)c1CCCl. The average molecular weight is 479 g/mol. The maximum absolute atomic E-state index is 13.4. The predicted molar refractivity (Wildman–Crippen MR) is 97.2 cm³/mol. The fraction of sp³-hybridized carbons (Fsp3) is 0.333. The molecule has 0 aliphatic carbocycles. The number of alkyl halides is 8. The highest BCUT2D eigenvalue weighted by atomic mass is 35.5. The van der Waals surface area contributed by atoms with Gasteiger partial charge in [0, 0.05) is 11.8 Å². The summed E-state index contributed by atoms with van der Waals surface area (Å²) in [6, 6.07) is 5.04. The molecule has 0 aliphatic heterocycles. The van der Waals surface area contributed by atoms with E-state index in [1.54, 1.807) is 0 Å². The second kappa shape index (κ2) is 8.73. The lowest BCUT2D eigenvalue weighted by atomic mass is 10.0. The van der Waals surface area contributed by atoms with Crippen molar-refractivity contribution in [3.05, 3.63) is 58.7 Å². The van der Waals surface area contributed by atoms with E-state index >= 15 is 0 Å². The minimum atomic E-state index is -4.86. The number of halogens is 8. The molecule has 0 spiro atoms. The highest BCUT2D eigenvalue weighted by Crippen LogP contribution is 2.40. The number of sulfone groups is 1. The lowest BCUT2D eigenvalue weighted by Gasteiger charge is -2.20. The largest absolute Gasteiger partial charge is 0.416 e. The van der Waals surface area contributed by atoms with Crippen molar-refractivity contribution in [3.8, 4) is 0 Å². The minimum absolute atomic E-state index is 0.313. The summed E-state index contributed by atoms with van der Waals surface area (Å²) in [6.07, 6.45) is -10.6. The van der Waals surface area contributed by atoms with E-state index in [1.165, 1.54) is 0 Å². The third kappa shape index (κ3) is 5.00. The van der Waals surface area contributed by atoms with Crippen molar-refractivity contribution in [2.24, 2.45) is 0 Å². The molecule has 0 N–H and O–H groups in total. The van der Waals surface area contributed by atoms with Crippen LogP contribution in [-0.4, -0.2) is 20.2 Å². The van der Waals surface area contributed by atoms with Gasteiger partial charge in [-0.25, -0.2) is 8.42 Å². The van der Waals surface area contributed by atoms with Crippen molar-refractivity contribution < 1.29 is 34.8 Å². The molecule has 0 saturated carbocycles. The summed E-state index contributed by atoms with van der Waals surface area (Å²) in [4.78, 5) is -1.47. The molecule has 0 radical (unpaired) electrons. The normalized spacial score (nSPS) is 13.0. The molecule has 0 heterocycles. The van der Waals surface area contributed by atoms with Gasteiger partial charge < -0.3 is 0 Å². The van der Waals surface area contributed by atoms with Gasteiger partial charge in [-0.3, -0.25) is 0 Å². The highest BCUT2D eigenvalue weighted by Gasteiger charge is 2.39. The van der Waals surface area contributed by atoms with Crippen LogP contribution in [-0.2, 0) is 35.0 Å². The highest BCUT2D eigenvalue weighted by molar-refractivity contribution is 7.91. The Labute approximate surface area is 173 Å². The van der Waals surface area contributed by atoms with E-state index in [0.717, 1.165) is 24.3 Å². The van der Waals surface area contributed by atoms with Gasteiger partial charge in [0.1, 0.15) is 0 Å². The number of benzene rings is 2. The van der Waals surface area contributed by atoms with Crippen LogP contribution in [0.3, 0.4) is 0 Å². The average Bonchev–Trinajstić information content (AvgIpc) is 2.60. The van der Waals surface area contributed by atoms with Gasteiger partial charge in [-0.2, -0.15) is 26.3 Å². The second-order valence-electron chi connectivity index (χ2n) is 5.94. The van der Waals surface area contributed by atoms with Crippen molar-refractivity contribution in [2.75, 3.05) is 11.8 Å². The monoisotopic (exact) mass is 478 g/mol. The van der Waals surface area contributed by atoms with Crippen molar-refractivity contribution in [3.63, 3.8) is 0 Å². The van der Waals surface area contributed by atoms with Crippen LogP contribution in [0.4, 0.5) is 26.3 Å². The van der Waals surface area contributed by atoms with Gasteiger partial charge in [-0.15, -0.1) is 23.2 Å². The summed E-state index contributed by atoms with van der Waals surface area (Å²) in [7, 11) is -4.73. The van der Waals surface area contributed by atoms with Gasteiger partial charge in [-0.1, -0.05) is 12.1 Å². The molecule has 0 fully saturated rings. The van der Waals surface area contributed by atoms with E-state index in [9.17, 15) is 34.8 Å². The number of hydrogen-bond donors (Lipinski definition) is 0. The van der Waals surface area contributed by atoms with Gasteiger partial charge in [-0.05, 0) is 48.2 Å². The van der Waals surface area contributed by atoms with Crippen LogP contribution in [0.5, 0.6) is 0 Å². The molecule has 2 nitrogen and oxygen atoms in total. The first-order chi connectivity index (χ1) is 13.4. The molecule has 11 heteroatoms. The van der Waals surface area contributed by atoms with Crippen LogP contribution in [0.25, 0.3) is 0 Å². The van der Waals surface area contributed by atoms with Crippen LogP contribution in [0.2, 0.25) is 0 Å². The molecule has 0 aromatic heterocycles. The van der Waals surface area contributed by atoms with Crippen molar-refractivity contribution >= 4 is 33.0 Å². The van der Waals surface area contributed by atoms with Crippen LogP contribution >= 0.6 is 23.2 Å². The zero-order valence-corrected chi connectivity index (χ0v) is 16.9. The third-order valence-corrected chi connectivity index (χ3v) is 6.45. The van der Waals surface area contributed by atoms with E-state index in [0.29, 0.717) is 12.1 Å². The van der Waals surface area contributed by atoms with E-state index in [-0.39, 0.29) is 11.8 Å². The Bertz CT molecular complexity index is 911. The third-order valence-electron chi connectivity index (χ3n) is 4.14. The Morgan fingerprint density at radius 1 is 0.690 bits per heavy atom. The minimum Gasteiger partial charge on any atom is -0.218 e. The van der Waals surface area contributed by atoms with Crippen LogP contribution < -0.4 is 0 Å². The molecule has 0 bridgehead atoms. The Morgan fingerprint density at radius 3 is 1.31 bits per heavy atom. The quantitative estimate of drug-likeness (QED) is 0.370. The fourth-order valence-electron chi connectivity index (χ4n) is 2.99. The van der Waals surface area contributed by atoms with E-state index < -0.39 is 67.1 Å². The topological polar surface area (TPSA) is 34.1 Å². The molecule has 29 heavy (non-hydrogen) atoms. The van der Waals surface area contributed by atoms with Crippen molar-refractivity contribution in [1.29, 1.82) is 0 Å². The maximum Gasteiger partial charge on any atom is 0.416 e. The van der Waals surface area contributed by atoms with Crippen LogP contribution in [0, 0.1) is 0 Å². The lowest BCUT2D eigenvalue weighted by molar-refractivity contribution is -0.139. The Morgan fingerprint density at radius 2 is 1.03 bits per heavy atom. The number of rotatable bonds is 6. The van der Waals surface area contributed by atoms with E-state index in [2.05, 4.69) is 0 Å². The Balaban J connectivity index is 2.85. The molecule has 2 rings (SSSR count). The van der Waals surface area contributed by atoms with Crippen LogP contribution in [0.1, 0.15) is 22.3 Å². The summed E-state index contributed by atoms with van der Waals surface area (Å²) < 4.78 is 106. The first kappa shape index (κ1) is 23.8. The smallest absolute Gasteiger partial charge is 0.218 e. The Hall–Kier alpha value is -1.45. The molecule has 160 valence electrons. The molecule has 0 unspecified atom stereocenters. The summed E-state index contributed by atoms with van der Waals surface area (Å²) in [5.41, 5.74) is -3.59. The summed E-state index contributed by atoms with van der Waals surface area (Å²) in [6.45, 7) is 0. The summed E-state index contributed by atoms with van der Waals surface area (Å²) in [5, 5.41) is 0. The zero-order chi connectivity index (χ0) is 22.0. The molecule has 0 atom stereocenters. The van der Waals surface area contributed by atoms with Crippen molar-refractivity contribution in [1.82, 2.24) is 0 Å². The van der Waals surface area contributed by atoms with Gasteiger partial charge >= 0.3 is 12.4 Å². The molecule has 0 aliphatic rings. The van der Waals surface area contributed by atoms with Gasteiger partial charge in [0.25, 0.3) is 0 Å². The Kier molecular flexibility index (Phi) is 7.17. The van der Waals surface area contributed by atoms with Gasteiger partial charge in [0.2, 0.25) is 9.84 Å². The standard InChI is InChI=1S/C18H14Cl2F6O2S/c19-9-7-11-13(17(21,22)23)3-1-5-15(11)29(27,28)16-6-2-4-14(18(24,25)26)12(16)8-10-20/h1-6H,7-10H2. The predicted octanol–water partition coefficient (Wildman–Crippen LogP) is 6.12. The first-order valence-electron chi connectivity index (χ1n) is 8.11. The van der Waals surface area contributed by atoms with Gasteiger partial charge in [0.15, 0.2) is 0 Å². The maximum atomic E-state index is 13.4. The van der Waals surface area contributed by atoms with E-state index in [1.807, 2.05) is 0 Å². The fourth-order valence-corrected chi connectivity index (χ4v) is 5.19. The summed E-state index contributed by atoms with van der Waals surface area (Å²) >= 11 is 11.1. The molecule has 2 aromatic carbocycles. The number of hydrogen-bond acceptors (Lipinski definition) is 2. The lowest BCUT2D eigenvalue weighted by Crippen LogP contribution is -2.18. The zero-order valence-electron chi connectivity index (χ0n) is 14.5. The van der Waals surface area contributed by atoms with E-state index in [4.69, 9.17) is 23.2 Å². The molecule has 2 aromatic rings. The second-order valence-corrected chi connectivity index (χ2v) is 8.58. The summed E-state index contributed by atoms with van der Waals surface area (Å²) in [5.74, 6) is -0.626.